The van der Waals surface area contributed by atoms with Crippen molar-refractivity contribution in [2.75, 3.05) is 18.4 Å². The fourth-order valence-electron chi connectivity index (χ4n) is 3.58. The monoisotopic (exact) mass is 390 g/mol. The molecule has 1 amide bonds. The number of amides is 1. The first-order chi connectivity index (χ1) is 12.8. The van der Waals surface area contributed by atoms with Crippen LogP contribution in [0.3, 0.4) is 0 Å². The zero-order chi connectivity index (χ0) is 19.4. The Balaban J connectivity index is 1.61. The highest BCUT2D eigenvalue weighted by molar-refractivity contribution is 7.89. The van der Waals surface area contributed by atoms with Gasteiger partial charge in [-0.3, -0.25) is 4.79 Å². The van der Waals surface area contributed by atoms with Crippen LogP contribution in [0.4, 0.5) is 5.69 Å². The zero-order valence-corrected chi connectivity index (χ0v) is 16.5. The Labute approximate surface area is 160 Å². The number of nitrogens with one attached hydrogen (secondary N) is 1. The van der Waals surface area contributed by atoms with Crippen LogP contribution in [0.25, 0.3) is 0 Å². The maximum atomic E-state index is 12.9. The average molecular weight is 391 g/mol. The quantitative estimate of drug-likeness (QED) is 0.818. The Morgan fingerprint density at radius 3 is 2.41 bits per heavy atom. The van der Waals surface area contributed by atoms with E-state index in [1.165, 1.54) is 0 Å². The molecule has 1 saturated heterocycles. The van der Waals surface area contributed by atoms with Crippen molar-refractivity contribution in [2.24, 2.45) is 11.8 Å². The zero-order valence-electron chi connectivity index (χ0n) is 15.7. The predicted octanol–water partition coefficient (Wildman–Crippen LogP) is 3.52. The summed E-state index contributed by atoms with van der Waals surface area (Å²) in [5, 5.41) is 2.79. The molecule has 2 aromatic rings. The van der Waals surface area contributed by atoms with Crippen LogP contribution in [0.15, 0.2) is 52.0 Å². The number of furan rings is 1. The van der Waals surface area contributed by atoms with E-state index in [2.05, 4.69) is 19.2 Å². The second kappa shape index (κ2) is 8.27. The second-order valence-electron chi connectivity index (χ2n) is 7.42. The lowest BCUT2D eigenvalue weighted by Crippen LogP contribution is -2.42. The largest absolute Gasteiger partial charge is 0.469 e. The topological polar surface area (TPSA) is 79.6 Å². The third kappa shape index (κ3) is 4.99. The molecule has 1 N–H and O–H groups in total. The molecule has 1 fully saturated rings. The molecule has 2 heterocycles. The fourth-order valence-corrected chi connectivity index (χ4v) is 5.26. The number of hydrogen-bond donors (Lipinski definition) is 1. The van der Waals surface area contributed by atoms with E-state index < -0.39 is 10.0 Å². The molecule has 0 saturated carbocycles. The standard InChI is InChI=1S/C20H26N2O4S/c1-15-12-16(2)14-22(13-15)27(24,25)19-8-5-17(6-9-19)21-20(23)10-7-18-4-3-11-26-18/h3-6,8-9,11,15-16H,7,10,12-14H2,1-2H3,(H,21,23). The average Bonchev–Trinajstić information content (AvgIpc) is 3.13. The van der Waals surface area contributed by atoms with Crippen LogP contribution < -0.4 is 5.32 Å². The van der Waals surface area contributed by atoms with Crippen LogP contribution in [-0.2, 0) is 21.2 Å². The summed E-state index contributed by atoms with van der Waals surface area (Å²) in [6, 6.07) is 10.00. The number of hydrogen-bond acceptors (Lipinski definition) is 4. The number of carbonyl (C=O) groups is 1. The lowest BCUT2D eigenvalue weighted by Gasteiger charge is -2.34. The van der Waals surface area contributed by atoms with Gasteiger partial charge in [0.15, 0.2) is 0 Å². The number of piperidine rings is 1. The number of nitrogens with zero attached hydrogens (tertiary/aromatic N) is 1. The van der Waals surface area contributed by atoms with E-state index in [-0.39, 0.29) is 10.8 Å². The maximum absolute atomic E-state index is 12.9. The molecule has 3 rings (SSSR count). The molecular formula is C20H26N2O4S. The Morgan fingerprint density at radius 1 is 1.15 bits per heavy atom. The highest BCUT2D eigenvalue weighted by Crippen LogP contribution is 2.27. The molecule has 0 bridgehead atoms. The van der Waals surface area contributed by atoms with Crippen molar-refractivity contribution in [3.05, 3.63) is 48.4 Å². The van der Waals surface area contributed by atoms with Crippen molar-refractivity contribution in [3.63, 3.8) is 0 Å². The van der Waals surface area contributed by atoms with E-state index in [0.29, 0.717) is 43.5 Å². The minimum atomic E-state index is -3.50. The van der Waals surface area contributed by atoms with Gasteiger partial charge < -0.3 is 9.73 Å². The van der Waals surface area contributed by atoms with Gasteiger partial charge in [-0.1, -0.05) is 13.8 Å². The normalized spacial score (nSPS) is 21.1. The molecule has 27 heavy (non-hydrogen) atoms. The molecule has 2 unspecified atom stereocenters. The van der Waals surface area contributed by atoms with Crippen LogP contribution in [0.5, 0.6) is 0 Å². The number of benzene rings is 1. The van der Waals surface area contributed by atoms with Gasteiger partial charge in [-0.05, 0) is 54.7 Å². The first-order valence-electron chi connectivity index (χ1n) is 9.27. The van der Waals surface area contributed by atoms with Gasteiger partial charge >= 0.3 is 0 Å². The Bertz CT molecular complexity index is 850. The molecule has 1 aromatic carbocycles. The minimum Gasteiger partial charge on any atom is -0.469 e. The smallest absolute Gasteiger partial charge is 0.243 e. The molecule has 0 spiro atoms. The lowest BCUT2D eigenvalue weighted by atomic mass is 9.94. The molecule has 7 heteroatoms. The maximum Gasteiger partial charge on any atom is 0.243 e. The van der Waals surface area contributed by atoms with Crippen LogP contribution in [0, 0.1) is 11.8 Å². The number of anilines is 1. The van der Waals surface area contributed by atoms with Crippen molar-refractivity contribution in [2.45, 2.75) is 38.0 Å². The van der Waals surface area contributed by atoms with Gasteiger partial charge in [0.25, 0.3) is 0 Å². The van der Waals surface area contributed by atoms with Gasteiger partial charge in [-0.2, -0.15) is 4.31 Å². The molecule has 146 valence electrons. The highest BCUT2D eigenvalue weighted by atomic mass is 32.2. The van der Waals surface area contributed by atoms with E-state index in [4.69, 9.17) is 4.42 Å². The van der Waals surface area contributed by atoms with E-state index in [1.54, 1.807) is 40.9 Å². The molecule has 2 atom stereocenters. The summed E-state index contributed by atoms with van der Waals surface area (Å²) in [6.07, 6.45) is 3.46. The third-order valence-corrected chi connectivity index (χ3v) is 6.64. The summed E-state index contributed by atoms with van der Waals surface area (Å²) in [5.41, 5.74) is 0.582. The van der Waals surface area contributed by atoms with Crippen LogP contribution in [0.2, 0.25) is 0 Å². The summed E-state index contributed by atoms with van der Waals surface area (Å²) in [4.78, 5) is 12.3. The van der Waals surface area contributed by atoms with Crippen molar-refractivity contribution in [1.29, 1.82) is 0 Å². The first-order valence-corrected chi connectivity index (χ1v) is 10.7. The minimum absolute atomic E-state index is 0.138. The summed E-state index contributed by atoms with van der Waals surface area (Å²) < 4.78 is 32.5. The SMILES string of the molecule is CC1CC(C)CN(S(=O)(=O)c2ccc(NC(=O)CCc3ccco3)cc2)C1. The van der Waals surface area contributed by atoms with E-state index >= 15 is 0 Å². The van der Waals surface area contributed by atoms with E-state index in [1.807, 2.05) is 6.07 Å². The Morgan fingerprint density at radius 2 is 1.81 bits per heavy atom. The van der Waals surface area contributed by atoms with Gasteiger partial charge in [0, 0.05) is 31.6 Å². The lowest BCUT2D eigenvalue weighted by molar-refractivity contribution is -0.116. The van der Waals surface area contributed by atoms with Gasteiger partial charge in [0.1, 0.15) is 5.76 Å². The van der Waals surface area contributed by atoms with Gasteiger partial charge in [-0.25, -0.2) is 8.42 Å². The number of rotatable bonds is 6. The number of sulfonamides is 1. The Hall–Kier alpha value is -2.12. The van der Waals surface area contributed by atoms with Crippen molar-refractivity contribution >= 4 is 21.6 Å². The predicted molar refractivity (Wildman–Crippen MR) is 104 cm³/mol. The van der Waals surface area contributed by atoms with Crippen LogP contribution in [0.1, 0.15) is 32.4 Å². The molecular weight excluding hydrogens is 364 g/mol. The van der Waals surface area contributed by atoms with Crippen molar-refractivity contribution in [3.8, 4) is 0 Å². The van der Waals surface area contributed by atoms with Crippen molar-refractivity contribution in [1.82, 2.24) is 4.31 Å². The van der Waals surface area contributed by atoms with Crippen LogP contribution >= 0.6 is 0 Å². The molecule has 0 aliphatic carbocycles. The van der Waals surface area contributed by atoms with E-state index in [9.17, 15) is 13.2 Å². The molecule has 1 aliphatic heterocycles. The summed E-state index contributed by atoms with van der Waals surface area (Å²) >= 11 is 0. The molecule has 1 aromatic heterocycles. The summed E-state index contributed by atoms with van der Waals surface area (Å²) in [6.45, 7) is 5.27. The van der Waals surface area contributed by atoms with Gasteiger partial charge in [0.05, 0.1) is 11.2 Å². The second-order valence-corrected chi connectivity index (χ2v) is 9.36. The van der Waals surface area contributed by atoms with Crippen molar-refractivity contribution < 1.29 is 17.6 Å². The summed E-state index contributed by atoms with van der Waals surface area (Å²) in [7, 11) is -3.50. The number of carbonyl (C=O) groups excluding carboxylic acids is 1. The molecule has 0 radical (unpaired) electrons. The molecule has 6 nitrogen and oxygen atoms in total. The highest BCUT2D eigenvalue weighted by Gasteiger charge is 2.31. The first kappa shape index (κ1) is 19.6. The van der Waals surface area contributed by atoms with Gasteiger partial charge in [-0.15, -0.1) is 0 Å². The third-order valence-electron chi connectivity index (χ3n) is 4.79. The number of aryl methyl sites for hydroxylation is 1. The fraction of sp³-hybridized carbons (Fsp3) is 0.450. The van der Waals surface area contributed by atoms with Crippen LogP contribution in [-0.4, -0.2) is 31.7 Å². The molecule has 1 aliphatic rings. The Kier molecular flexibility index (Phi) is 6.01. The van der Waals surface area contributed by atoms with E-state index in [0.717, 1.165) is 12.2 Å². The summed E-state index contributed by atoms with van der Waals surface area (Å²) in [5.74, 6) is 1.34. The van der Waals surface area contributed by atoms with Gasteiger partial charge in [0.2, 0.25) is 15.9 Å².